The maximum absolute atomic E-state index is 12.9. The summed E-state index contributed by atoms with van der Waals surface area (Å²) >= 11 is 0. The molecule has 1 aromatic carbocycles. The topological polar surface area (TPSA) is 84.4 Å². The molecule has 158 valence electrons. The van der Waals surface area contributed by atoms with Gasteiger partial charge in [0.1, 0.15) is 6.04 Å². The van der Waals surface area contributed by atoms with Crippen molar-refractivity contribution in [3.8, 4) is 0 Å². The van der Waals surface area contributed by atoms with Crippen LogP contribution in [0.4, 0.5) is 11.6 Å². The Morgan fingerprint density at radius 3 is 2.67 bits per heavy atom. The Bertz CT molecular complexity index is 918. The van der Waals surface area contributed by atoms with E-state index in [1.807, 2.05) is 36.9 Å². The molecular formula is C23H28N4O3. The fraction of sp³-hybridized carbons (Fsp3) is 0.478. The molecule has 1 amide bonds. The van der Waals surface area contributed by atoms with Gasteiger partial charge in [-0.2, -0.15) is 0 Å². The number of nitrogens with one attached hydrogen (secondary N) is 1. The summed E-state index contributed by atoms with van der Waals surface area (Å²) in [4.78, 5) is 36.0. The average molecular weight is 409 g/mol. The number of carbonyl (C=O) groups is 2. The second-order valence-corrected chi connectivity index (χ2v) is 8.27. The highest BCUT2D eigenvalue weighted by Gasteiger charge is 2.47. The van der Waals surface area contributed by atoms with Crippen molar-refractivity contribution in [1.82, 2.24) is 9.97 Å². The number of fused-ring (bicyclic) bond motifs is 1. The lowest BCUT2D eigenvalue weighted by atomic mass is 9.85. The third-order valence-corrected chi connectivity index (χ3v) is 6.28. The number of esters is 1. The number of aryl methyl sites for hydroxylation is 2. The molecule has 4 rings (SSSR count). The molecule has 1 saturated carbocycles. The highest BCUT2D eigenvalue weighted by Crippen LogP contribution is 2.41. The first-order valence-electron chi connectivity index (χ1n) is 10.6. The van der Waals surface area contributed by atoms with Crippen molar-refractivity contribution in [1.29, 1.82) is 0 Å². The van der Waals surface area contributed by atoms with Crippen molar-refractivity contribution in [2.45, 2.75) is 58.0 Å². The molecule has 1 aliphatic heterocycles. The molecule has 2 heterocycles. The van der Waals surface area contributed by atoms with E-state index in [1.54, 1.807) is 18.5 Å². The summed E-state index contributed by atoms with van der Waals surface area (Å²) in [6.07, 6.45) is 8.57. The molecule has 7 heteroatoms. The van der Waals surface area contributed by atoms with E-state index < -0.39 is 6.04 Å². The van der Waals surface area contributed by atoms with E-state index >= 15 is 0 Å². The van der Waals surface area contributed by atoms with Crippen LogP contribution in [0.5, 0.6) is 0 Å². The molecule has 0 spiro atoms. The average Bonchev–Trinajstić information content (AvgIpc) is 3.15. The number of amides is 1. The van der Waals surface area contributed by atoms with Crippen LogP contribution in [0.25, 0.3) is 0 Å². The second kappa shape index (κ2) is 8.81. The normalized spacial score (nSPS) is 23.0. The Morgan fingerprint density at radius 2 is 1.90 bits per heavy atom. The molecule has 7 nitrogen and oxygen atoms in total. The van der Waals surface area contributed by atoms with Crippen molar-refractivity contribution in [3.05, 3.63) is 47.8 Å². The predicted molar refractivity (Wildman–Crippen MR) is 114 cm³/mol. The van der Waals surface area contributed by atoms with Gasteiger partial charge in [-0.25, -0.2) is 14.8 Å². The Labute approximate surface area is 176 Å². The fourth-order valence-electron chi connectivity index (χ4n) is 4.63. The largest absolute Gasteiger partial charge is 0.454 e. The van der Waals surface area contributed by atoms with Crippen molar-refractivity contribution in [2.24, 2.45) is 5.92 Å². The monoisotopic (exact) mass is 408 g/mol. The summed E-state index contributed by atoms with van der Waals surface area (Å²) in [7, 11) is 0. The lowest BCUT2D eigenvalue weighted by Crippen LogP contribution is -2.44. The van der Waals surface area contributed by atoms with Gasteiger partial charge in [0.2, 0.25) is 5.95 Å². The number of aromatic nitrogens is 2. The molecule has 0 bridgehead atoms. The smallest absolute Gasteiger partial charge is 0.329 e. The number of carbonyl (C=O) groups excluding carboxylic acids is 2. The number of anilines is 2. The molecule has 30 heavy (non-hydrogen) atoms. The second-order valence-electron chi connectivity index (χ2n) is 8.27. The zero-order valence-corrected chi connectivity index (χ0v) is 17.5. The molecule has 3 atom stereocenters. The Balaban J connectivity index is 1.41. The van der Waals surface area contributed by atoms with Gasteiger partial charge in [-0.05, 0) is 68.4 Å². The zero-order valence-electron chi connectivity index (χ0n) is 17.5. The van der Waals surface area contributed by atoms with Crippen LogP contribution in [0.1, 0.15) is 43.2 Å². The summed E-state index contributed by atoms with van der Waals surface area (Å²) in [5, 5.41) is 2.79. The van der Waals surface area contributed by atoms with Crippen molar-refractivity contribution in [2.75, 3.05) is 16.8 Å². The first kappa shape index (κ1) is 20.3. The number of nitrogens with zero attached hydrogens (tertiary/aromatic N) is 3. The van der Waals surface area contributed by atoms with E-state index in [0.29, 0.717) is 17.6 Å². The fourth-order valence-corrected chi connectivity index (χ4v) is 4.63. The number of benzene rings is 1. The van der Waals surface area contributed by atoms with E-state index in [2.05, 4.69) is 15.3 Å². The van der Waals surface area contributed by atoms with Crippen molar-refractivity contribution in [3.63, 3.8) is 0 Å². The SMILES string of the molecule is Cc1ccc(NC(=O)COC(=O)[C@@H]2C[C@H]3CCCC[C@H]3N2c2ncccn2)cc1C. The summed E-state index contributed by atoms with van der Waals surface area (Å²) in [6.45, 7) is 3.70. The van der Waals surface area contributed by atoms with E-state index in [0.717, 1.165) is 36.8 Å². The number of hydrogen-bond donors (Lipinski definition) is 1. The zero-order chi connectivity index (χ0) is 21.1. The third kappa shape index (κ3) is 4.30. The van der Waals surface area contributed by atoms with Crippen LogP contribution in [-0.2, 0) is 14.3 Å². The highest BCUT2D eigenvalue weighted by molar-refractivity contribution is 5.93. The van der Waals surface area contributed by atoms with E-state index in [1.165, 1.54) is 6.42 Å². The molecule has 2 aromatic rings. The molecule has 2 aliphatic rings. The van der Waals surface area contributed by atoms with Crippen molar-refractivity contribution >= 4 is 23.5 Å². The third-order valence-electron chi connectivity index (χ3n) is 6.28. The van der Waals surface area contributed by atoms with Crippen LogP contribution >= 0.6 is 0 Å². The van der Waals surface area contributed by atoms with Crippen LogP contribution in [0, 0.1) is 19.8 Å². The summed E-state index contributed by atoms with van der Waals surface area (Å²) in [5.41, 5.74) is 2.95. The maximum Gasteiger partial charge on any atom is 0.329 e. The number of ether oxygens (including phenoxy) is 1. The van der Waals surface area contributed by atoms with Gasteiger partial charge in [-0.15, -0.1) is 0 Å². The Hall–Kier alpha value is -2.96. The molecule has 2 fully saturated rings. The summed E-state index contributed by atoms with van der Waals surface area (Å²) < 4.78 is 5.42. The maximum atomic E-state index is 12.9. The molecule has 0 radical (unpaired) electrons. The predicted octanol–water partition coefficient (Wildman–Crippen LogP) is 3.41. The van der Waals surface area contributed by atoms with Crippen LogP contribution in [0.2, 0.25) is 0 Å². The van der Waals surface area contributed by atoms with Gasteiger partial charge in [0, 0.05) is 24.1 Å². The molecule has 1 aromatic heterocycles. The minimum Gasteiger partial charge on any atom is -0.454 e. The lowest BCUT2D eigenvalue weighted by Gasteiger charge is -2.33. The van der Waals surface area contributed by atoms with Gasteiger partial charge in [0.25, 0.3) is 5.91 Å². The first-order chi connectivity index (χ1) is 14.5. The van der Waals surface area contributed by atoms with Gasteiger partial charge in [0.05, 0.1) is 0 Å². The minimum atomic E-state index is -0.449. The van der Waals surface area contributed by atoms with E-state index in [9.17, 15) is 9.59 Å². The van der Waals surface area contributed by atoms with Gasteiger partial charge in [-0.3, -0.25) is 4.79 Å². The molecule has 0 unspecified atom stereocenters. The van der Waals surface area contributed by atoms with E-state index in [-0.39, 0.29) is 24.5 Å². The van der Waals surface area contributed by atoms with Crippen LogP contribution in [0.3, 0.4) is 0 Å². The van der Waals surface area contributed by atoms with Gasteiger partial charge < -0.3 is 15.0 Å². The summed E-state index contributed by atoms with van der Waals surface area (Å²) in [6, 6.07) is 7.28. The number of rotatable bonds is 5. The quantitative estimate of drug-likeness (QED) is 0.763. The number of hydrogen-bond acceptors (Lipinski definition) is 6. The van der Waals surface area contributed by atoms with Crippen LogP contribution < -0.4 is 10.2 Å². The van der Waals surface area contributed by atoms with Crippen LogP contribution in [-0.4, -0.2) is 40.5 Å². The van der Waals surface area contributed by atoms with Gasteiger partial charge >= 0.3 is 5.97 Å². The van der Waals surface area contributed by atoms with Crippen LogP contribution in [0.15, 0.2) is 36.7 Å². The van der Waals surface area contributed by atoms with Crippen molar-refractivity contribution < 1.29 is 14.3 Å². The molecule has 1 aliphatic carbocycles. The Kier molecular flexibility index (Phi) is 5.97. The van der Waals surface area contributed by atoms with E-state index in [4.69, 9.17) is 4.74 Å². The molecule has 1 saturated heterocycles. The highest BCUT2D eigenvalue weighted by atomic mass is 16.5. The molecule has 1 N–H and O–H groups in total. The molecular weight excluding hydrogens is 380 g/mol. The first-order valence-corrected chi connectivity index (χ1v) is 10.6. The lowest BCUT2D eigenvalue weighted by molar-refractivity contribution is -0.148. The minimum absolute atomic E-state index is 0.253. The Morgan fingerprint density at radius 1 is 1.13 bits per heavy atom. The van der Waals surface area contributed by atoms with Gasteiger partial charge in [-0.1, -0.05) is 18.9 Å². The van der Waals surface area contributed by atoms with Gasteiger partial charge in [0.15, 0.2) is 6.61 Å². The summed E-state index contributed by atoms with van der Waals surface area (Å²) in [5.74, 6) is 0.273. The standard InChI is InChI=1S/C23H28N4O3/c1-15-8-9-18(12-16(15)2)26-21(28)14-30-22(29)20-13-17-6-3-4-7-19(17)27(20)23-24-10-5-11-25-23/h5,8-12,17,19-20H,3-4,6-7,13-14H2,1-2H3,(H,26,28)/t17-,19-,20+/m1/s1.